The quantitative estimate of drug-likeness (QED) is 0.271. The molecule has 0 aromatic heterocycles. The second-order valence-corrected chi connectivity index (χ2v) is 13.6. The van der Waals surface area contributed by atoms with Crippen LogP contribution in [0.2, 0.25) is 0 Å². The summed E-state index contributed by atoms with van der Waals surface area (Å²) in [5.41, 5.74) is 2.15. The lowest BCUT2D eigenvalue weighted by atomic mass is 9.58. The highest BCUT2D eigenvalue weighted by Crippen LogP contribution is 2.50. The van der Waals surface area contributed by atoms with Crippen molar-refractivity contribution in [3.63, 3.8) is 0 Å². The Labute approximate surface area is 228 Å². The fraction of sp³-hybridized carbons (Fsp3) is 0.829. The van der Waals surface area contributed by atoms with Gasteiger partial charge in [0, 0.05) is 13.1 Å². The van der Waals surface area contributed by atoms with Crippen molar-refractivity contribution in [2.24, 2.45) is 58.2 Å². The van der Waals surface area contributed by atoms with E-state index >= 15 is 0 Å². The van der Waals surface area contributed by atoms with Gasteiger partial charge in [0.05, 0.1) is 0 Å². The van der Waals surface area contributed by atoms with Gasteiger partial charge in [0.15, 0.2) is 0 Å². The average molecular weight is 500 g/mol. The molecular formula is C35H65N. The summed E-state index contributed by atoms with van der Waals surface area (Å²) in [7, 11) is 0. The maximum atomic E-state index is 4.40. The Hall–Kier alpha value is -0.820. The lowest BCUT2D eigenvalue weighted by molar-refractivity contribution is 0.0700. The first-order chi connectivity index (χ1) is 16.8. The van der Waals surface area contributed by atoms with Gasteiger partial charge in [0.2, 0.25) is 0 Å². The standard InChI is InChI=1S/C35H65N/c1-14-17-18-20-36-21-19-33-28(7)24-34(12,15-2)31(10)27(6)22-25(4)26(5)23-29(8)35(13,16-3)32(11)30(33)9/h16-19,25-32,36H,3,14-15,20-24H2,1-2,4-13H3/b18-17+,33-19+. The van der Waals surface area contributed by atoms with Gasteiger partial charge in [-0.15, -0.1) is 6.58 Å². The zero-order chi connectivity index (χ0) is 27.7. The van der Waals surface area contributed by atoms with E-state index in [9.17, 15) is 0 Å². The van der Waals surface area contributed by atoms with Crippen molar-refractivity contribution >= 4 is 0 Å². The number of hydrogen-bond donors (Lipinski definition) is 1. The summed E-state index contributed by atoms with van der Waals surface area (Å²) in [6.07, 6.45) is 15.6. The van der Waals surface area contributed by atoms with Gasteiger partial charge in [-0.25, -0.2) is 0 Å². The summed E-state index contributed by atoms with van der Waals surface area (Å²) in [6.45, 7) is 36.1. The van der Waals surface area contributed by atoms with Crippen molar-refractivity contribution in [3.8, 4) is 0 Å². The van der Waals surface area contributed by atoms with E-state index in [1.807, 2.05) is 0 Å². The lowest BCUT2D eigenvalue weighted by Gasteiger charge is -2.47. The predicted octanol–water partition coefficient (Wildman–Crippen LogP) is 10.3. The molecular weight excluding hydrogens is 434 g/mol. The van der Waals surface area contributed by atoms with Crippen molar-refractivity contribution < 1.29 is 0 Å². The first kappa shape index (κ1) is 33.2. The Balaban J connectivity index is 3.49. The molecule has 0 radical (unpaired) electrons. The molecule has 1 aliphatic carbocycles. The van der Waals surface area contributed by atoms with Crippen molar-refractivity contribution in [2.45, 2.75) is 115 Å². The molecule has 1 N–H and O–H groups in total. The molecule has 10 atom stereocenters. The van der Waals surface area contributed by atoms with Gasteiger partial charge in [-0.3, -0.25) is 0 Å². The van der Waals surface area contributed by atoms with E-state index in [1.54, 1.807) is 5.57 Å². The van der Waals surface area contributed by atoms with E-state index in [-0.39, 0.29) is 5.41 Å². The predicted molar refractivity (Wildman–Crippen MR) is 164 cm³/mol. The Morgan fingerprint density at radius 3 is 2.00 bits per heavy atom. The van der Waals surface area contributed by atoms with Crippen LogP contribution >= 0.6 is 0 Å². The second-order valence-electron chi connectivity index (χ2n) is 13.6. The summed E-state index contributed by atoms with van der Waals surface area (Å²) in [4.78, 5) is 0. The maximum Gasteiger partial charge on any atom is 0.0140 e. The molecule has 36 heavy (non-hydrogen) atoms. The third kappa shape index (κ3) is 8.34. The molecule has 0 heterocycles. The number of hydrogen-bond acceptors (Lipinski definition) is 1. The minimum absolute atomic E-state index is 0.126. The number of rotatable bonds is 7. The van der Waals surface area contributed by atoms with Gasteiger partial charge in [0.1, 0.15) is 0 Å². The van der Waals surface area contributed by atoms with Crippen molar-refractivity contribution in [3.05, 3.63) is 36.5 Å². The number of allylic oxidation sites excluding steroid dienone is 3. The van der Waals surface area contributed by atoms with Crippen LogP contribution in [0, 0.1) is 58.2 Å². The molecule has 210 valence electrons. The molecule has 10 unspecified atom stereocenters. The highest BCUT2D eigenvalue weighted by molar-refractivity contribution is 5.16. The van der Waals surface area contributed by atoms with E-state index in [0.717, 1.165) is 43.2 Å². The maximum absolute atomic E-state index is 4.40. The van der Waals surface area contributed by atoms with Crippen LogP contribution in [0.1, 0.15) is 115 Å². The van der Waals surface area contributed by atoms with Crippen molar-refractivity contribution in [1.82, 2.24) is 5.32 Å². The second kappa shape index (κ2) is 14.9. The highest BCUT2D eigenvalue weighted by atomic mass is 14.8. The van der Waals surface area contributed by atoms with Gasteiger partial charge < -0.3 is 5.32 Å². The van der Waals surface area contributed by atoms with Crippen LogP contribution in [0.4, 0.5) is 0 Å². The molecule has 0 aromatic carbocycles. The molecule has 0 aliphatic heterocycles. The summed E-state index contributed by atoms with van der Waals surface area (Å²) in [5.74, 6) is 5.26. The van der Waals surface area contributed by atoms with Gasteiger partial charge in [-0.2, -0.15) is 0 Å². The molecule has 1 nitrogen and oxygen atoms in total. The molecule has 0 amide bonds. The summed E-state index contributed by atoms with van der Waals surface area (Å²) in [5, 5.41) is 3.65. The lowest BCUT2D eigenvalue weighted by Crippen LogP contribution is -2.39. The van der Waals surface area contributed by atoms with E-state index < -0.39 is 0 Å². The smallest absolute Gasteiger partial charge is 0.0140 e. The molecule has 1 heteroatoms. The monoisotopic (exact) mass is 500 g/mol. The first-order valence-corrected chi connectivity index (χ1v) is 15.5. The largest absolute Gasteiger partial charge is 0.310 e. The van der Waals surface area contributed by atoms with Gasteiger partial charge in [0.25, 0.3) is 0 Å². The van der Waals surface area contributed by atoms with E-state index in [2.05, 4.69) is 119 Å². The van der Waals surface area contributed by atoms with Gasteiger partial charge in [-0.1, -0.05) is 119 Å². The zero-order valence-electron chi connectivity index (χ0n) is 26.6. The minimum atomic E-state index is 0.126. The molecule has 1 fully saturated rings. The fourth-order valence-electron chi connectivity index (χ4n) is 7.33. The van der Waals surface area contributed by atoms with E-state index in [4.69, 9.17) is 0 Å². The summed E-state index contributed by atoms with van der Waals surface area (Å²) < 4.78 is 0. The zero-order valence-corrected chi connectivity index (χ0v) is 26.6. The van der Waals surface area contributed by atoms with Crippen molar-refractivity contribution in [2.75, 3.05) is 13.1 Å². The molecule has 1 aliphatic rings. The average Bonchev–Trinajstić information content (AvgIpc) is 2.85. The molecule has 0 spiro atoms. The normalized spacial score (nSPS) is 42.9. The van der Waals surface area contributed by atoms with Crippen LogP contribution in [-0.2, 0) is 0 Å². The van der Waals surface area contributed by atoms with Gasteiger partial charge in [-0.05, 0) is 83.9 Å². The molecule has 0 saturated heterocycles. The van der Waals surface area contributed by atoms with Crippen molar-refractivity contribution in [1.29, 1.82) is 0 Å². The summed E-state index contributed by atoms with van der Waals surface area (Å²) >= 11 is 0. The van der Waals surface area contributed by atoms with Crippen LogP contribution in [0.15, 0.2) is 36.5 Å². The Morgan fingerprint density at radius 1 is 0.833 bits per heavy atom. The Morgan fingerprint density at radius 2 is 1.44 bits per heavy atom. The Bertz CT molecular complexity index is 703. The molecule has 1 saturated carbocycles. The third-order valence-corrected chi connectivity index (χ3v) is 11.4. The first-order valence-electron chi connectivity index (χ1n) is 15.5. The Kier molecular flexibility index (Phi) is 13.8. The molecule has 1 rings (SSSR count). The minimum Gasteiger partial charge on any atom is -0.310 e. The van der Waals surface area contributed by atoms with Gasteiger partial charge >= 0.3 is 0 Å². The summed E-state index contributed by atoms with van der Waals surface area (Å²) in [6, 6.07) is 0. The van der Waals surface area contributed by atoms with Crippen LogP contribution in [-0.4, -0.2) is 13.1 Å². The van der Waals surface area contributed by atoms with Crippen LogP contribution in [0.3, 0.4) is 0 Å². The van der Waals surface area contributed by atoms with Crippen LogP contribution in [0.25, 0.3) is 0 Å². The molecule has 0 bridgehead atoms. The molecule has 0 aromatic rings. The van der Waals surface area contributed by atoms with E-state index in [0.29, 0.717) is 29.1 Å². The third-order valence-electron chi connectivity index (χ3n) is 11.4. The SMILES string of the molecule is C=CC1(C)C(C)CC(C)C(C)CC(C)C(C)C(C)(CC)CC(C)/C(=C\CNC/C=C/CC)C(C)C1C. The topological polar surface area (TPSA) is 12.0 Å². The number of nitrogens with one attached hydrogen (secondary N) is 1. The fourth-order valence-corrected chi connectivity index (χ4v) is 7.33. The van der Waals surface area contributed by atoms with Crippen LogP contribution in [0.5, 0.6) is 0 Å². The van der Waals surface area contributed by atoms with Crippen LogP contribution < -0.4 is 5.32 Å². The highest BCUT2D eigenvalue weighted by Gasteiger charge is 2.42. The van der Waals surface area contributed by atoms with E-state index in [1.165, 1.54) is 25.7 Å².